The van der Waals surface area contributed by atoms with Gasteiger partial charge in [0.2, 0.25) is 5.79 Å². The molecule has 27 heavy (non-hydrogen) atoms. The number of allylic oxidation sites excluding steroid dienone is 2. The van der Waals surface area contributed by atoms with Crippen molar-refractivity contribution in [3.05, 3.63) is 77.4 Å². The summed E-state index contributed by atoms with van der Waals surface area (Å²) in [5, 5.41) is 5.25. The zero-order valence-corrected chi connectivity index (χ0v) is 14.0. The monoisotopic (exact) mass is 383 g/mol. The van der Waals surface area contributed by atoms with Gasteiger partial charge in [-0.3, -0.25) is 9.48 Å². The van der Waals surface area contributed by atoms with Crippen molar-refractivity contribution in [2.75, 3.05) is 0 Å². The molecular formula is C18H14F5N3O. The number of carbonyl (C=O) groups is 1. The minimum atomic E-state index is -4.87. The Morgan fingerprint density at radius 3 is 2.52 bits per heavy atom. The maximum Gasteiger partial charge on any atom is 0.435 e. The minimum absolute atomic E-state index is 0.349. The van der Waals surface area contributed by atoms with E-state index in [-0.39, 0.29) is 0 Å². The lowest BCUT2D eigenvalue weighted by Gasteiger charge is -2.32. The SMILES string of the molecule is Cn1cc(C(=O)NC2(F)C=CC=CC2c2ccc(F)cc2)c(C(F)(F)F)n1. The van der Waals surface area contributed by atoms with Crippen LogP contribution in [0.5, 0.6) is 0 Å². The first-order valence-electron chi connectivity index (χ1n) is 7.84. The van der Waals surface area contributed by atoms with Crippen LogP contribution in [0.3, 0.4) is 0 Å². The number of nitrogens with zero attached hydrogens (tertiary/aromatic N) is 2. The summed E-state index contributed by atoms with van der Waals surface area (Å²) in [5.41, 5.74) is -1.84. The second-order valence-corrected chi connectivity index (χ2v) is 6.06. The number of hydrogen-bond acceptors (Lipinski definition) is 2. The van der Waals surface area contributed by atoms with E-state index in [2.05, 4.69) is 5.10 Å². The normalized spacial score (nSPS) is 22.1. The topological polar surface area (TPSA) is 46.9 Å². The Morgan fingerprint density at radius 1 is 1.22 bits per heavy atom. The van der Waals surface area contributed by atoms with Crippen LogP contribution >= 0.6 is 0 Å². The van der Waals surface area contributed by atoms with Gasteiger partial charge in [-0.05, 0) is 23.8 Å². The molecule has 2 atom stereocenters. The van der Waals surface area contributed by atoms with Crippen molar-refractivity contribution >= 4 is 5.91 Å². The van der Waals surface area contributed by atoms with Crippen LogP contribution in [0.4, 0.5) is 22.0 Å². The van der Waals surface area contributed by atoms with E-state index in [1.54, 1.807) is 0 Å². The fraction of sp³-hybridized carbons (Fsp3) is 0.222. The number of amides is 1. The van der Waals surface area contributed by atoms with Crippen LogP contribution in [0.1, 0.15) is 27.5 Å². The Hall–Kier alpha value is -2.97. The Morgan fingerprint density at radius 2 is 1.89 bits per heavy atom. The van der Waals surface area contributed by atoms with Crippen LogP contribution in [-0.4, -0.2) is 21.5 Å². The molecule has 1 amide bonds. The molecule has 142 valence electrons. The van der Waals surface area contributed by atoms with Crippen LogP contribution < -0.4 is 5.32 Å². The van der Waals surface area contributed by atoms with Gasteiger partial charge in [0.05, 0.1) is 11.5 Å². The molecule has 3 rings (SSSR count). The van der Waals surface area contributed by atoms with Crippen LogP contribution in [0.25, 0.3) is 0 Å². The first kappa shape index (κ1) is 18.8. The predicted octanol–water partition coefficient (Wildman–Crippen LogP) is 3.88. The molecule has 0 aliphatic heterocycles. The molecule has 0 saturated carbocycles. The van der Waals surface area contributed by atoms with E-state index >= 15 is 4.39 Å². The molecule has 1 aromatic heterocycles. The number of benzene rings is 1. The lowest BCUT2D eigenvalue weighted by atomic mass is 9.86. The summed E-state index contributed by atoms with van der Waals surface area (Å²) < 4.78 is 68.7. The maximum atomic E-state index is 15.5. The summed E-state index contributed by atoms with van der Waals surface area (Å²) in [6, 6.07) is 4.95. The molecule has 1 aliphatic carbocycles. The number of aryl methyl sites for hydroxylation is 1. The van der Waals surface area contributed by atoms with Crippen LogP contribution in [-0.2, 0) is 13.2 Å². The molecule has 9 heteroatoms. The van der Waals surface area contributed by atoms with Gasteiger partial charge in [0.15, 0.2) is 5.69 Å². The van der Waals surface area contributed by atoms with Gasteiger partial charge >= 0.3 is 6.18 Å². The van der Waals surface area contributed by atoms with E-state index in [9.17, 15) is 22.4 Å². The van der Waals surface area contributed by atoms with Crippen LogP contribution in [0, 0.1) is 5.82 Å². The van der Waals surface area contributed by atoms with Crippen molar-refractivity contribution in [2.45, 2.75) is 17.9 Å². The van der Waals surface area contributed by atoms with E-state index in [4.69, 9.17) is 0 Å². The number of halogens is 5. The molecule has 0 radical (unpaired) electrons. The molecule has 2 unspecified atom stereocenters. The smallest absolute Gasteiger partial charge is 0.316 e. The molecule has 1 N–H and O–H groups in total. The molecule has 0 spiro atoms. The first-order valence-corrected chi connectivity index (χ1v) is 7.84. The van der Waals surface area contributed by atoms with E-state index in [1.165, 1.54) is 37.4 Å². The van der Waals surface area contributed by atoms with Gasteiger partial charge in [0.1, 0.15) is 5.82 Å². The maximum absolute atomic E-state index is 15.5. The largest absolute Gasteiger partial charge is 0.435 e. The highest BCUT2D eigenvalue weighted by Gasteiger charge is 2.43. The highest BCUT2D eigenvalue weighted by Crippen LogP contribution is 2.36. The first-order chi connectivity index (χ1) is 12.6. The fourth-order valence-electron chi connectivity index (χ4n) is 2.86. The van der Waals surface area contributed by atoms with Gasteiger partial charge < -0.3 is 5.32 Å². The summed E-state index contributed by atoms with van der Waals surface area (Å²) >= 11 is 0. The van der Waals surface area contributed by atoms with Gasteiger partial charge in [-0.1, -0.05) is 30.4 Å². The lowest BCUT2D eigenvalue weighted by Crippen LogP contribution is -2.48. The van der Waals surface area contributed by atoms with Gasteiger partial charge in [-0.2, -0.15) is 18.3 Å². The highest BCUT2D eigenvalue weighted by atomic mass is 19.4. The highest BCUT2D eigenvalue weighted by molar-refractivity contribution is 5.96. The number of aromatic nitrogens is 2. The third-order valence-corrected chi connectivity index (χ3v) is 4.08. The zero-order valence-electron chi connectivity index (χ0n) is 14.0. The van der Waals surface area contributed by atoms with Crippen molar-refractivity contribution in [1.29, 1.82) is 0 Å². The average molecular weight is 383 g/mol. The van der Waals surface area contributed by atoms with Crippen LogP contribution in [0.15, 0.2) is 54.8 Å². The fourth-order valence-corrected chi connectivity index (χ4v) is 2.86. The Bertz CT molecular complexity index is 914. The molecule has 1 aliphatic rings. The number of nitrogens with one attached hydrogen (secondary N) is 1. The third-order valence-electron chi connectivity index (χ3n) is 4.08. The molecule has 4 nitrogen and oxygen atoms in total. The van der Waals surface area contributed by atoms with E-state index in [0.717, 1.165) is 29.1 Å². The average Bonchev–Trinajstić information content (AvgIpc) is 2.98. The third kappa shape index (κ3) is 3.76. The standard InChI is InChI=1S/C18H14F5N3O/c1-26-10-13(15(25-26)18(21,22)23)16(27)24-17(20)9-3-2-4-14(17)11-5-7-12(19)8-6-11/h2-10,14H,1H3,(H,24,27). The number of hydrogen-bond donors (Lipinski definition) is 1. The summed E-state index contributed by atoms with van der Waals surface area (Å²) in [4.78, 5) is 12.4. The lowest BCUT2D eigenvalue weighted by molar-refractivity contribution is -0.141. The molecule has 0 saturated heterocycles. The van der Waals surface area contributed by atoms with Crippen molar-refractivity contribution in [3.63, 3.8) is 0 Å². The molecule has 1 heterocycles. The quantitative estimate of drug-likeness (QED) is 0.646. The Labute approximate surface area is 151 Å². The number of alkyl halides is 4. The zero-order chi connectivity index (χ0) is 19.8. The second-order valence-electron chi connectivity index (χ2n) is 6.06. The van der Waals surface area contributed by atoms with E-state index in [0.29, 0.717) is 5.56 Å². The number of carbonyl (C=O) groups excluding carboxylic acids is 1. The summed E-state index contributed by atoms with van der Waals surface area (Å²) in [6.07, 6.45) is 1.33. The predicted molar refractivity (Wildman–Crippen MR) is 86.9 cm³/mol. The summed E-state index contributed by atoms with van der Waals surface area (Å²) in [5.74, 6) is -5.32. The Kier molecular flexibility index (Phi) is 4.63. The second kappa shape index (κ2) is 6.64. The summed E-state index contributed by atoms with van der Waals surface area (Å²) in [7, 11) is 1.22. The van der Waals surface area contributed by atoms with Crippen molar-refractivity contribution in [1.82, 2.24) is 15.1 Å². The van der Waals surface area contributed by atoms with Crippen molar-refractivity contribution in [3.8, 4) is 0 Å². The van der Waals surface area contributed by atoms with Gasteiger partial charge in [-0.25, -0.2) is 8.78 Å². The van der Waals surface area contributed by atoms with E-state index < -0.39 is 40.9 Å². The van der Waals surface area contributed by atoms with Gasteiger partial charge in [0.25, 0.3) is 5.91 Å². The molecule has 1 aromatic carbocycles. The Balaban J connectivity index is 1.93. The van der Waals surface area contributed by atoms with E-state index in [1.807, 2.05) is 5.32 Å². The number of rotatable bonds is 3. The van der Waals surface area contributed by atoms with Crippen LogP contribution in [0.2, 0.25) is 0 Å². The summed E-state index contributed by atoms with van der Waals surface area (Å²) in [6.45, 7) is 0. The van der Waals surface area contributed by atoms with Crippen molar-refractivity contribution < 1.29 is 26.7 Å². The van der Waals surface area contributed by atoms with Gasteiger partial charge in [0, 0.05) is 13.2 Å². The molecule has 2 aromatic rings. The minimum Gasteiger partial charge on any atom is -0.316 e. The van der Waals surface area contributed by atoms with Gasteiger partial charge in [-0.15, -0.1) is 0 Å². The molecule has 0 fully saturated rings. The van der Waals surface area contributed by atoms with Crippen molar-refractivity contribution in [2.24, 2.45) is 7.05 Å². The molecule has 0 bridgehead atoms. The molecular weight excluding hydrogens is 369 g/mol.